The summed E-state index contributed by atoms with van der Waals surface area (Å²) >= 11 is 1.17. The topological polar surface area (TPSA) is 114 Å². The number of aromatic nitrogens is 1. The highest BCUT2D eigenvalue weighted by Crippen LogP contribution is 2.42. The van der Waals surface area contributed by atoms with Crippen molar-refractivity contribution in [2.45, 2.75) is 6.04 Å². The highest BCUT2D eigenvalue weighted by atomic mass is 32.1. The molecule has 4 rings (SSSR count). The van der Waals surface area contributed by atoms with Gasteiger partial charge in [-0.1, -0.05) is 30.3 Å². The zero-order valence-electron chi connectivity index (χ0n) is 14.8. The lowest BCUT2D eigenvalue weighted by atomic mass is 9.95. The van der Waals surface area contributed by atoms with E-state index in [-0.39, 0.29) is 17.0 Å². The van der Waals surface area contributed by atoms with Gasteiger partial charge in [-0.25, -0.2) is 4.98 Å². The van der Waals surface area contributed by atoms with Crippen molar-refractivity contribution >= 4 is 39.6 Å². The molecule has 0 unspecified atom stereocenters. The number of carbonyl (C=O) groups excluding carboxylic acids is 2. The summed E-state index contributed by atoms with van der Waals surface area (Å²) in [5, 5.41) is 23.8. The van der Waals surface area contributed by atoms with E-state index in [1.165, 1.54) is 46.7 Å². The molecule has 9 heteroatoms. The van der Waals surface area contributed by atoms with Crippen molar-refractivity contribution in [3.8, 4) is 0 Å². The molecule has 3 aromatic rings. The first-order valence-electron chi connectivity index (χ1n) is 8.49. The Balaban J connectivity index is 1.92. The van der Waals surface area contributed by atoms with E-state index < -0.39 is 22.7 Å². The number of nitro benzene ring substituents is 1. The molecule has 8 nitrogen and oxygen atoms in total. The van der Waals surface area contributed by atoms with Gasteiger partial charge in [-0.3, -0.25) is 24.6 Å². The summed E-state index contributed by atoms with van der Waals surface area (Å²) < 4.78 is 0. The molecule has 0 bridgehead atoms. The van der Waals surface area contributed by atoms with Crippen molar-refractivity contribution < 1.29 is 19.6 Å². The lowest BCUT2D eigenvalue weighted by Gasteiger charge is -2.22. The number of rotatable bonds is 4. The number of aliphatic hydroxyl groups excluding tert-OH is 1. The van der Waals surface area contributed by atoms with Gasteiger partial charge >= 0.3 is 5.91 Å². The molecule has 0 spiro atoms. The molecule has 1 amide bonds. The summed E-state index contributed by atoms with van der Waals surface area (Å²) in [6.07, 6.45) is 1.50. The Labute approximate surface area is 168 Å². The smallest absolute Gasteiger partial charge is 0.301 e. The van der Waals surface area contributed by atoms with E-state index in [4.69, 9.17) is 0 Å². The second-order valence-corrected chi connectivity index (χ2v) is 7.07. The van der Waals surface area contributed by atoms with Crippen LogP contribution >= 0.6 is 11.3 Å². The predicted octanol–water partition coefficient (Wildman–Crippen LogP) is 3.68. The molecular weight excluding hydrogens is 394 g/mol. The van der Waals surface area contributed by atoms with Crippen molar-refractivity contribution in [3.63, 3.8) is 0 Å². The van der Waals surface area contributed by atoms with Gasteiger partial charge in [0.05, 0.1) is 16.5 Å². The number of benzene rings is 2. The number of hydrogen-bond acceptors (Lipinski definition) is 7. The van der Waals surface area contributed by atoms with Crippen LogP contribution < -0.4 is 4.90 Å². The fourth-order valence-corrected chi connectivity index (χ4v) is 3.88. The summed E-state index contributed by atoms with van der Waals surface area (Å²) in [7, 11) is 0. The van der Waals surface area contributed by atoms with E-state index in [1.807, 2.05) is 0 Å². The third-order valence-corrected chi connectivity index (χ3v) is 5.31. The fraction of sp³-hybridized carbons (Fsp3) is 0.0500. The zero-order valence-corrected chi connectivity index (χ0v) is 15.6. The number of carbonyl (C=O) groups is 2. The molecule has 1 fully saturated rings. The van der Waals surface area contributed by atoms with E-state index in [9.17, 15) is 24.8 Å². The van der Waals surface area contributed by atoms with Crippen LogP contribution in [0, 0.1) is 10.1 Å². The largest absolute Gasteiger partial charge is 0.507 e. The van der Waals surface area contributed by atoms with Crippen LogP contribution in [0.15, 0.2) is 71.7 Å². The highest BCUT2D eigenvalue weighted by Gasteiger charge is 2.48. The van der Waals surface area contributed by atoms with Crippen LogP contribution in [0.25, 0.3) is 5.76 Å². The monoisotopic (exact) mass is 407 g/mol. The first-order valence-corrected chi connectivity index (χ1v) is 9.37. The molecule has 1 aliphatic rings. The maximum Gasteiger partial charge on any atom is 0.301 e. The van der Waals surface area contributed by atoms with Crippen LogP contribution in [-0.2, 0) is 9.59 Å². The molecule has 29 heavy (non-hydrogen) atoms. The maximum atomic E-state index is 12.8. The predicted molar refractivity (Wildman–Crippen MR) is 106 cm³/mol. The molecule has 144 valence electrons. The normalized spacial score (nSPS) is 18.2. The standard InChI is InChI=1S/C20H13N3O5S/c24-17(13-4-2-1-3-5-13)15-16(12-6-8-14(9-7-12)23(27)28)22(19(26)18(15)25)20-21-10-11-29-20/h1-11,16,24H/b17-15+/t16-/m0/s1. The lowest BCUT2D eigenvalue weighted by molar-refractivity contribution is -0.384. The molecule has 0 aliphatic carbocycles. The number of non-ortho nitro benzene ring substituents is 1. The molecule has 1 saturated heterocycles. The second-order valence-electron chi connectivity index (χ2n) is 6.20. The minimum atomic E-state index is -0.956. The number of ketones is 1. The molecule has 1 N–H and O–H groups in total. The van der Waals surface area contributed by atoms with Crippen LogP contribution in [0.2, 0.25) is 0 Å². The Hall–Kier alpha value is -3.85. The summed E-state index contributed by atoms with van der Waals surface area (Å²) in [6.45, 7) is 0. The summed E-state index contributed by atoms with van der Waals surface area (Å²) in [4.78, 5) is 41.4. The van der Waals surface area contributed by atoms with Crippen molar-refractivity contribution in [1.29, 1.82) is 0 Å². The van der Waals surface area contributed by atoms with Crippen LogP contribution in [0.1, 0.15) is 17.2 Å². The number of nitrogens with zero attached hydrogens (tertiary/aromatic N) is 3. The van der Waals surface area contributed by atoms with Gasteiger partial charge in [-0.15, -0.1) is 11.3 Å². The van der Waals surface area contributed by atoms with E-state index in [0.29, 0.717) is 16.3 Å². The summed E-state index contributed by atoms with van der Waals surface area (Å²) in [6, 6.07) is 13.0. The van der Waals surface area contributed by atoms with E-state index >= 15 is 0 Å². The number of anilines is 1. The number of hydrogen-bond donors (Lipinski definition) is 1. The van der Waals surface area contributed by atoms with E-state index in [0.717, 1.165) is 0 Å². The minimum absolute atomic E-state index is 0.0924. The van der Waals surface area contributed by atoms with Crippen molar-refractivity contribution in [1.82, 2.24) is 4.98 Å². The van der Waals surface area contributed by atoms with Crippen molar-refractivity contribution in [2.24, 2.45) is 0 Å². The van der Waals surface area contributed by atoms with Crippen LogP contribution in [-0.4, -0.2) is 26.7 Å². The molecular formula is C20H13N3O5S. The van der Waals surface area contributed by atoms with Crippen molar-refractivity contribution in [3.05, 3.63) is 93.0 Å². The Bertz CT molecular complexity index is 1120. The fourth-order valence-electron chi connectivity index (χ4n) is 3.21. The molecule has 0 saturated carbocycles. The average molecular weight is 407 g/mol. The van der Waals surface area contributed by atoms with Gasteiger partial charge < -0.3 is 5.11 Å². The van der Waals surface area contributed by atoms with Gasteiger partial charge in [-0.05, 0) is 17.7 Å². The number of aliphatic hydroxyl groups is 1. The third-order valence-electron chi connectivity index (χ3n) is 4.54. The summed E-state index contributed by atoms with van der Waals surface area (Å²) in [5.41, 5.74) is 0.618. The Morgan fingerprint density at radius 3 is 2.38 bits per heavy atom. The van der Waals surface area contributed by atoms with Crippen molar-refractivity contribution in [2.75, 3.05) is 4.90 Å². The number of Topliss-reactive ketones (excluding diaryl/α,β-unsaturated/α-hetero) is 1. The molecule has 2 heterocycles. The van der Waals surface area contributed by atoms with Gasteiger partial charge in [0.2, 0.25) is 0 Å². The average Bonchev–Trinajstić information content (AvgIpc) is 3.35. The summed E-state index contributed by atoms with van der Waals surface area (Å²) in [5.74, 6) is -1.97. The SMILES string of the molecule is O=C1C(=O)N(c2nccs2)[C@@H](c2ccc([N+](=O)[O-])cc2)/C1=C(\O)c1ccccc1. The Morgan fingerprint density at radius 2 is 1.79 bits per heavy atom. The zero-order chi connectivity index (χ0) is 20.5. The number of nitro groups is 1. The molecule has 0 radical (unpaired) electrons. The maximum absolute atomic E-state index is 12.8. The van der Waals surface area contributed by atoms with Gasteiger partial charge in [0.1, 0.15) is 5.76 Å². The van der Waals surface area contributed by atoms with Gasteiger partial charge in [0.25, 0.3) is 11.5 Å². The van der Waals surface area contributed by atoms with Crippen LogP contribution in [0.3, 0.4) is 0 Å². The minimum Gasteiger partial charge on any atom is -0.507 e. The highest BCUT2D eigenvalue weighted by molar-refractivity contribution is 7.14. The third kappa shape index (κ3) is 3.17. The first kappa shape index (κ1) is 18.5. The Morgan fingerprint density at radius 1 is 1.10 bits per heavy atom. The molecule has 1 atom stereocenters. The van der Waals surface area contributed by atoms with Crippen LogP contribution in [0.5, 0.6) is 0 Å². The number of amides is 1. The van der Waals surface area contributed by atoms with Gasteiger partial charge in [0, 0.05) is 29.3 Å². The Kier molecular flexibility index (Phi) is 4.65. The van der Waals surface area contributed by atoms with E-state index in [2.05, 4.69) is 4.98 Å². The second kappa shape index (κ2) is 7.28. The molecule has 1 aliphatic heterocycles. The number of thiazole rings is 1. The van der Waals surface area contributed by atoms with Gasteiger partial charge in [-0.2, -0.15) is 0 Å². The molecule has 2 aromatic carbocycles. The van der Waals surface area contributed by atoms with Crippen LogP contribution in [0.4, 0.5) is 10.8 Å². The quantitative estimate of drug-likeness (QED) is 0.232. The first-order chi connectivity index (χ1) is 14.0. The molecule has 1 aromatic heterocycles. The lowest BCUT2D eigenvalue weighted by Crippen LogP contribution is -2.29. The van der Waals surface area contributed by atoms with E-state index in [1.54, 1.807) is 35.7 Å². The van der Waals surface area contributed by atoms with Gasteiger partial charge in [0.15, 0.2) is 5.13 Å².